The van der Waals surface area contributed by atoms with Gasteiger partial charge in [-0.05, 0) is 5.39 Å². The van der Waals surface area contributed by atoms with E-state index in [1.165, 1.54) is 6.20 Å². The van der Waals surface area contributed by atoms with E-state index in [9.17, 15) is 13.2 Å². The van der Waals surface area contributed by atoms with Gasteiger partial charge in [-0.15, -0.1) is 0 Å². The molecule has 0 bridgehead atoms. The lowest BCUT2D eigenvalue weighted by Crippen LogP contribution is -2.29. The standard InChI is InChI=1S/C14H17N3O3S/c1-2-21(19,20)8-7-16-14(18)12-9-17-13(15)11-6-4-3-5-10(11)12/h3-6,9H,2,7-8H2,1H3,(H2,15,17)(H,16,18). The summed E-state index contributed by atoms with van der Waals surface area (Å²) in [5, 5.41) is 4.00. The van der Waals surface area contributed by atoms with Gasteiger partial charge in [0.2, 0.25) is 0 Å². The van der Waals surface area contributed by atoms with Gasteiger partial charge in [-0.25, -0.2) is 13.4 Å². The Morgan fingerprint density at radius 1 is 1.29 bits per heavy atom. The van der Waals surface area contributed by atoms with Crippen LogP contribution in [0.5, 0.6) is 0 Å². The van der Waals surface area contributed by atoms with Crippen LogP contribution in [0, 0.1) is 0 Å². The van der Waals surface area contributed by atoms with E-state index in [2.05, 4.69) is 10.3 Å². The Balaban J connectivity index is 2.19. The number of pyridine rings is 1. The van der Waals surface area contributed by atoms with E-state index in [0.717, 1.165) is 0 Å². The van der Waals surface area contributed by atoms with Crippen LogP contribution in [0.25, 0.3) is 10.8 Å². The van der Waals surface area contributed by atoms with Gasteiger partial charge in [0.05, 0.1) is 11.3 Å². The van der Waals surface area contributed by atoms with Crippen molar-refractivity contribution in [1.82, 2.24) is 10.3 Å². The van der Waals surface area contributed by atoms with Gasteiger partial charge in [0, 0.05) is 23.9 Å². The van der Waals surface area contributed by atoms with Gasteiger partial charge in [-0.1, -0.05) is 31.2 Å². The summed E-state index contributed by atoms with van der Waals surface area (Å²) in [6.45, 7) is 1.66. The Morgan fingerprint density at radius 3 is 2.62 bits per heavy atom. The Bertz CT molecular complexity index is 772. The largest absolute Gasteiger partial charge is 0.383 e. The van der Waals surface area contributed by atoms with Crippen LogP contribution in [0.2, 0.25) is 0 Å². The molecule has 0 aliphatic carbocycles. The van der Waals surface area contributed by atoms with Crippen LogP contribution in [0.1, 0.15) is 17.3 Å². The lowest BCUT2D eigenvalue weighted by Gasteiger charge is -2.09. The number of anilines is 1. The average Bonchev–Trinajstić information content (AvgIpc) is 2.47. The fourth-order valence-corrected chi connectivity index (χ4v) is 2.66. The van der Waals surface area contributed by atoms with Gasteiger partial charge in [0.25, 0.3) is 5.91 Å². The molecule has 2 rings (SSSR count). The first kappa shape index (κ1) is 15.2. The number of benzene rings is 1. The molecule has 7 heteroatoms. The maximum Gasteiger partial charge on any atom is 0.253 e. The highest BCUT2D eigenvalue weighted by atomic mass is 32.2. The first-order valence-corrected chi connectivity index (χ1v) is 8.38. The van der Waals surface area contributed by atoms with E-state index in [-0.39, 0.29) is 24.0 Å². The Morgan fingerprint density at radius 2 is 1.95 bits per heavy atom. The molecule has 2 aromatic rings. The number of hydrogen-bond acceptors (Lipinski definition) is 5. The SMILES string of the molecule is CCS(=O)(=O)CCNC(=O)c1cnc(N)c2ccccc12. The number of fused-ring (bicyclic) bond motifs is 1. The molecular formula is C14H17N3O3S. The van der Waals surface area contributed by atoms with Crippen LogP contribution in [-0.2, 0) is 9.84 Å². The third-order valence-corrected chi connectivity index (χ3v) is 4.91. The number of amides is 1. The van der Waals surface area contributed by atoms with Gasteiger partial charge < -0.3 is 11.1 Å². The number of rotatable bonds is 5. The number of carbonyl (C=O) groups is 1. The molecule has 0 fully saturated rings. The number of nitrogen functional groups attached to an aromatic ring is 1. The number of carbonyl (C=O) groups excluding carboxylic acids is 1. The summed E-state index contributed by atoms with van der Waals surface area (Å²) in [4.78, 5) is 16.2. The minimum Gasteiger partial charge on any atom is -0.383 e. The summed E-state index contributed by atoms with van der Waals surface area (Å²) in [7, 11) is -3.10. The van der Waals surface area contributed by atoms with Crippen molar-refractivity contribution in [2.45, 2.75) is 6.92 Å². The average molecular weight is 307 g/mol. The normalized spacial score (nSPS) is 11.5. The fraction of sp³-hybridized carbons (Fsp3) is 0.286. The summed E-state index contributed by atoms with van der Waals surface area (Å²) in [6, 6.07) is 7.19. The second kappa shape index (κ2) is 6.09. The molecule has 1 aromatic heterocycles. The molecule has 0 aliphatic heterocycles. The van der Waals surface area contributed by atoms with Gasteiger partial charge in [-0.2, -0.15) is 0 Å². The van der Waals surface area contributed by atoms with Gasteiger partial charge >= 0.3 is 0 Å². The van der Waals surface area contributed by atoms with Crippen molar-refractivity contribution in [3.63, 3.8) is 0 Å². The molecule has 0 saturated carbocycles. The van der Waals surface area contributed by atoms with E-state index < -0.39 is 9.84 Å². The predicted molar refractivity (Wildman–Crippen MR) is 82.8 cm³/mol. The summed E-state index contributed by atoms with van der Waals surface area (Å²) in [6.07, 6.45) is 1.40. The van der Waals surface area contributed by atoms with Crippen molar-refractivity contribution in [3.8, 4) is 0 Å². The molecule has 6 nitrogen and oxygen atoms in total. The zero-order chi connectivity index (χ0) is 15.5. The Labute approximate surface area is 123 Å². The molecule has 1 amide bonds. The van der Waals surface area contributed by atoms with Crippen LogP contribution < -0.4 is 11.1 Å². The molecule has 3 N–H and O–H groups in total. The zero-order valence-electron chi connectivity index (χ0n) is 11.7. The maximum atomic E-state index is 12.2. The predicted octanol–water partition coefficient (Wildman–Crippen LogP) is 0.982. The minimum absolute atomic E-state index is 0.0647. The van der Waals surface area contributed by atoms with Crippen molar-refractivity contribution >= 4 is 32.3 Å². The van der Waals surface area contributed by atoms with Crippen LogP contribution in [0.15, 0.2) is 30.5 Å². The molecule has 1 heterocycles. The molecule has 0 aliphatic rings. The molecule has 0 radical (unpaired) electrons. The van der Waals surface area contributed by atoms with Crippen molar-refractivity contribution in [1.29, 1.82) is 0 Å². The van der Waals surface area contributed by atoms with E-state index in [1.807, 2.05) is 6.07 Å². The minimum atomic E-state index is -3.10. The number of nitrogens with one attached hydrogen (secondary N) is 1. The van der Waals surface area contributed by atoms with Crippen molar-refractivity contribution in [3.05, 3.63) is 36.0 Å². The van der Waals surface area contributed by atoms with E-state index >= 15 is 0 Å². The smallest absolute Gasteiger partial charge is 0.253 e. The van der Waals surface area contributed by atoms with Crippen molar-refractivity contribution in [2.24, 2.45) is 0 Å². The van der Waals surface area contributed by atoms with E-state index in [1.54, 1.807) is 25.1 Å². The van der Waals surface area contributed by atoms with Crippen molar-refractivity contribution < 1.29 is 13.2 Å². The molecule has 0 spiro atoms. The van der Waals surface area contributed by atoms with Gasteiger partial charge in [0.1, 0.15) is 5.82 Å². The van der Waals surface area contributed by atoms with Crippen LogP contribution in [0.4, 0.5) is 5.82 Å². The molecule has 0 saturated heterocycles. The Kier molecular flexibility index (Phi) is 4.42. The lowest BCUT2D eigenvalue weighted by atomic mass is 10.1. The Hall–Kier alpha value is -2.15. The lowest BCUT2D eigenvalue weighted by molar-refractivity contribution is 0.0957. The molecule has 0 unspecified atom stereocenters. The van der Waals surface area contributed by atoms with Gasteiger partial charge in [0.15, 0.2) is 9.84 Å². The van der Waals surface area contributed by atoms with E-state index in [0.29, 0.717) is 22.2 Å². The van der Waals surface area contributed by atoms with Gasteiger partial charge in [-0.3, -0.25) is 4.79 Å². The summed E-state index contributed by atoms with van der Waals surface area (Å²) >= 11 is 0. The first-order chi connectivity index (χ1) is 9.94. The first-order valence-electron chi connectivity index (χ1n) is 6.56. The van der Waals surface area contributed by atoms with Crippen LogP contribution >= 0.6 is 0 Å². The third kappa shape index (κ3) is 3.49. The van der Waals surface area contributed by atoms with E-state index in [4.69, 9.17) is 5.73 Å². The monoisotopic (exact) mass is 307 g/mol. The summed E-state index contributed by atoms with van der Waals surface area (Å²) < 4.78 is 22.8. The number of aromatic nitrogens is 1. The second-order valence-electron chi connectivity index (χ2n) is 4.59. The van der Waals surface area contributed by atoms with Crippen LogP contribution in [-0.4, -0.2) is 37.4 Å². The number of nitrogens with zero attached hydrogens (tertiary/aromatic N) is 1. The molecule has 112 valence electrons. The number of nitrogens with two attached hydrogens (primary N) is 1. The van der Waals surface area contributed by atoms with Crippen molar-refractivity contribution in [2.75, 3.05) is 23.8 Å². The topological polar surface area (TPSA) is 102 Å². The number of sulfone groups is 1. The highest BCUT2D eigenvalue weighted by Gasteiger charge is 2.13. The molecule has 21 heavy (non-hydrogen) atoms. The summed E-state index contributed by atoms with van der Waals surface area (Å²) in [5.74, 6) is -0.00847. The molecular weight excluding hydrogens is 290 g/mol. The molecule has 0 atom stereocenters. The zero-order valence-corrected chi connectivity index (χ0v) is 12.5. The summed E-state index contributed by atoms with van der Waals surface area (Å²) in [5.41, 5.74) is 6.16. The maximum absolute atomic E-state index is 12.2. The third-order valence-electron chi connectivity index (χ3n) is 3.21. The van der Waals surface area contributed by atoms with Crippen LogP contribution in [0.3, 0.4) is 0 Å². The highest BCUT2D eigenvalue weighted by Crippen LogP contribution is 2.22. The fourth-order valence-electron chi connectivity index (χ4n) is 1.96. The number of hydrogen-bond donors (Lipinski definition) is 2. The highest BCUT2D eigenvalue weighted by molar-refractivity contribution is 7.91. The second-order valence-corrected chi connectivity index (χ2v) is 7.07. The quantitative estimate of drug-likeness (QED) is 0.857. The molecule has 1 aromatic carbocycles.